The lowest BCUT2D eigenvalue weighted by Gasteiger charge is -2.44. The van der Waals surface area contributed by atoms with E-state index in [-0.39, 0.29) is 0 Å². The number of hydrogen-bond donors (Lipinski definition) is 0. The lowest BCUT2D eigenvalue weighted by Crippen LogP contribution is -2.56. The second-order valence-corrected chi connectivity index (χ2v) is 12.1. The highest BCUT2D eigenvalue weighted by atomic mass is 35.5. The summed E-state index contributed by atoms with van der Waals surface area (Å²) >= 11 is 12.9. The zero-order chi connectivity index (χ0) is 15.4. The quantitative estimate of drug-likeness (QED) is 0.396. The standard InChI is InChI=1S/C15H24Cl2O2Si/c1-6-18-15(14(2,16)17,19-20(3,4)5)12-13-10-8-7-9-11-13/h7-11H,6,12H2,1-5H3. The normalized spacial score (nSPS) is 15.9. The fraction of sp³-hybridized carbons (Fsp3) is 0.600. The van der Waals surface area contributed by atoms with Crippen LogP contribution in [0.1, 0.15) is 19.4 Å². The van der Waals surface area contributed by atoms with Crippen LogP contribution in [0.3, 0.4) is 0 Å². The Balaban J connectivity index is 3.16. The summed E-state index contributed by atoms with van der Waals surface area (Å²) in [4.78, 5) is 0. The minimum atomic E-state index is -1.89. The number of hydrogen-bond acceptors (Lipinski definition) is 2. The van der Waals surface area contributed by atoms with Crippen LogP contribution in [-0.4, -0.2) is 25.0 Å². The molecule has 20 heavy (non-hydrogen) atoms. The Morgan fingerprint density at radius 1 is 1.10 bits per heavy atom. The molecule has 1 aromatic rings. The molecule has 0 saturated heterocycles. The van der Waals surface area contributed by atoms with Gasteiger partial charge in [0.1, 0.15) is 0 Å². The van der Waals surface area contributed by atoms with E-state index in [0.717, 1.165) is 5.56 Å². The van der Waals surface area contributed by atoms with Crippen molar-refractivity contribution in [2.24, 2.45) is 0 Å². The van der Waals surface area contributed by atoms with E-state index in [1.807, 2.05) is 37.3 Å². The van der Waals surface area contributed by atoms with Crippen molar-refractivity contribution >= 4 is 31.5 Å². The van der Waals surface area contributed by atoms with Gasteiger partial charge in [0.25, 0.3) is 0 Å². The van der Waals surface area contributed by atoms with Crippen LogP contribution in [0.25, 0.3) is 0 Å². The highest BCUT2D eigenvalue weighted by Crippen LogP contribution is 2.42. The maximum absolute atomic E-state index is 6.43. The van der Waals surface area contributed by atoms with Crippen molar-refractivity contribution < 1.29 is 9.16 Å². The zero-order valence-electron chi connectivity index (χ0n) is 12.9. The van der Waals surface area contributed by atoms with Crippen molar-refractivity contribution in [3.05, 3.63) is 35.9 Å². The van der Waals surface area contributed by atoms with E-state index >= 15 is 0 Å². The van der Waals surface area contributed by atoms with Crippen LogP contribution in [0.2, 0.25) is 19.6 Å². The van der Waals surface area contributed by atoms with Gasteiger partial charge in [-0.05, 0) is 39.1 Å². The van der Waals surface area contributed by atoms with Gasteiger partial charge in [-0.25, -0.2) is 0 Å². The monoisotopic (exact) mass is 334 g/mol. The fourth-order valence-electron chi connectivity index (χ4n) is 2.08. The number of halogens is 2. The first kappa shape index (κ1) is 18.0. The molecule has 0 amide bonds. The smallest absolute Gasteiger partial charge is 0.196 e. The Kier molecular flexibility index (Phi) is 6.11. The first-order chi connectivity index (χ1) is 9.10. The lowest BCUT2D eigenvalue weighted by molar-refractivity contribution is -0.192. The summed E-state index contributed by atoms with van der Waals surface area (Å²) < 4.78 is 11.1. The Morgan fingerprint density at radius 3 is 2.05 bits per heavy atom. The van der Waals surface area contributed by atoms with Crippen LogP contribution < -0.4 is 0 Å². The third-order valence-corrected chi connectivity index (χ3v) is 4.32. The molecule has 1 rings (SSSR count). The molecule has 0 heterocycles. The molecule has 0 aliphatic rings. The first-order valence-electron chi connectivity index (χ1n) is 6.85. The van der Waals surface area contributed by atoms with Crippen LogP contribution in [0.4, 0.5) is 0 Å². The lowest BCUT2D eigenvalue weighted by atomic mass is 10.0. The molecule has 0 bridgehead atoms. The molecule has 0 spiro atoms. The highest BCUT2D eigenvalue weighted by Gasteiger charge is 2.50. The Morgan fingerprint density at radius 2 is 1.65 bits per heavy atom. The molecule has 5 heteroatoms. The summed E-state index contributed by atoms with van der Waals surface area (Å²) in [5, 5.41) is 0. The molecule has 0 aliphatic heterocycles. The number of benzene rings is 1. The summed E-state index contributed by atoms with van der Waals surface area (Å²) in [6.45, 7) is 10.5. The Bertz CT molecular complexity index is 412. The van der Waals surface area contributed by atoms with Crippen LogP contribution in [0.5, 0.6) is 0 Å². The molecular weight excluding hydrogens is 311 g/mol. The maximum Gasteiger partial charge on any atom is 0.196 e. The van der Waals surface area contributed by atoms with Gasteiger partial charge in [-0.1, -0.05) is 53.5 Å². The van der Waals surface area contributed by atoms with Crippen LogP contribution in [0.15, 0.2) is 30.3 Å². The summed E-state index contributed by atoms with van der Waals surface area (Å²) in [5.74, 6) is -1.03. The molecule has 0 N–H and O–H groups in total. The van der Waals surface area contributed by atoms with Crippen molar-refractivity contribution in [1.29, 1.82) is 0 Å². The van der Waals surface area contributed by atoms with Crippen LogP contribution >= 0.6 is 23.2 Å². The van der Waals surface area contributed by atoms with Crippen molar-refractivity contribution in [3.63, 3.8) is 0 Å². The second-order valence-electron chi connectivity index (χ2n) is 5.95. The Labute approximate surface area is 133 Å². The summed E-state index contributed by atoms with van der Waals surface area (Å²) in [6.07, 6.45) is 0.523. The van der Waals surface area contributed by atoms with Crippen LogP contribution in [-0.2, 0) is 15.6 Å². The summed E-state index contributed by atoms with van der Waals surface area (Å²) in [5.41, 5.74) is 1.09. The predicted molar refractivity (Wildman–Crippen MR) is 89.0 cm³/mol. The van der Waals surface area contributed by atoms with E-state index in [1.54, 1.807) is 6.92 Å². The molecule has 1 aromatic carbocycles. The van der Waals surface area contributed by atoms with Crippen LogP contribution in [0, 0.1) is 0 Å². The number of alkyl halides is 2. The topological polar surface area (TPSA) is 18.5 Å². The molecule has 114 valence electrons. The van der Waals surface area contributed by atoms with E-state index in [1.165, 1.54) is 0 Å². The summed E-state index contributed by atoms with van der Waals surface area (Å²) in [6, 6.07) is 10.0. The van der Waals surface area contributed by atoms with E-state index in [0.29, 0.717) is 13.0 Å². The van der Waals surface area contributed by atoms with Crippen molar-refractivity contribution in [2.75, 3.05) is 6.61 Å². The SMILES string of the molecule is CCOC(Cc1ccccc1)(O[Si](C)(C)C)C(C)(Cl)Cl. The van der Waals surface area contributed by atoms with Gasteiger partial charge in [-0.15, -0.1) is 0 Å². The number of rotatable bonds is 7. The van der Waals surface area contributed by atoms with Gasteiger partial charge in [-0.3, -0.25) is 0 Å². The molecule has 0 saturated carbocycles. The van der Waals surface area contributed by atoms with Gasteiger partial charge in [0, 0.05) is 13.0 Å². The molecule has 0 radical (unpaired) electrons. The van der Waals surface area contributed by atoms with Crippen molar-refractivity contribution in [2.45, 2.75) is 50.0 Å². The van der Waals surface area contributed by atoms with E-state index in [2.05, 4.69) is 19.6 Å². The molecule has 0 fully saturated rings. The second kappa shape index (κ2) is 6.80. The molecular formula is C15H24Cl2O2Si. The van der Waals surface area contributed by atoms with Gasteiger partial charge in [0.2, 0.25) is 0 Å². The van der Waals surface area contributed by atoms with Crippen molar-refractivity contribution in [3.8, 4) is 0 Å². The molecule has 0 aliphatic carbocycles. The minimum absolute atomic E-state index is 0.492. The zero-order valence-corrected chi connectivity index (χ0v) is 15.4. The third kappa shape index (κ3) is 5.04. The first-order valence-corrected chi connectivity index (χ1v) is 11.0. The van der Waals surface area contributed by atoms with Gasteiger partial charge in [0.15, 0.2) is 18.4 Å². The largest absolute Gasteiger partial charge is 0.388 e. The van der Waals surface area contributed by atoms with E-state index < -0.39 is 18.4 Å². The average Bonchev–Trinajstić information content (AvgIpc) is 2.26. The fourth-order valence-corrected chi connectivity index (χ4v) is 3.85. The average molecular weight is 335 g/mol. The highest BCUT2D eigenvalue weighted by molar-refractivity contribution is 6.70. The predicted octanol–water partition coefficient (Wildman–Crippen LogP) is 5.01. The van der Waals surface area contributed by atoms with Crippen molar-refractivity contribution in [1.82, 2.24) is 0 Å². The Hall–Kier alpha value is -0.0631. The van der Waals surface area contributed by atoms with Gasteiger partial charge in [0.05, 0.1) is 0 Å². The van der Waals surface area contributed by atoms with Gasteiger partial charge in [-0.2, -0.15) is 0 Å². The summed E-state index contributed by atoms with van der Waals surface area (Å²) in [7, 11) is -1.89. The molecule has 0 aromatic heterocycles. The van der Waals surface area contributed by atoms with Gasteiger partial charge < -0.3 is 9.16 Å². The van der Waals surface area contributed by atoms with Gasteiger partial charge >= 0.3 is 0 Å². The minimum Gasteiger partial charge on any atom is -0.388 e. The maximum atomic E-state index is 6.43. The van der Waals surface area contributed by atoms with E-state index in [4.69, 9.17) is 32.4 Å². The molecule has 2 nitrogen and oxygen atoms in total. The third-order valence-electron chi connectivity index (χ3n) is 2.80. The molecule has 1 atom stereocenters. The molecule has 1 unspecified atom stereocenters. The number of ether oxygens (including phenoxy) is 1. The van der Waals surface area contributed by atoms with E-state index in [9.17, 15) is 0 Å².